The first kappa shape index (κ1) is 14.2. The first-order valence-electron chi connectivity index (χ1n) is 7.82. The number of aryl methyl sites for hydroxylation is 1. The molecule has 0 aliphatic heterocycles. The van der Waals surface area contributed by atoms with Crippen LogP contribution in [0.4, 0.5) is 0 Å². The van der Waals surface area contributed by atoms with E-state index in [0.717, 1.165) is 16.6 Å². The fraction of sp³-hybridized carbons (Fsp3) is 0.750. The Hall–Kier alpha value is -0.420. The fourth-order valence-corrected chi connectivity index (χ4v) is 7.70. The van der Waals surface area contributed by atoms with E-state index in [-0.39, 0.29) is 11.3 Å². The zero-order chi connectivity index (χ0) is 14.7. The summed E-state index contributed by atoms with van der Waals surface area (Å²) in [7, 11) is 1.95. The van der Waals surface area contributed by atoms with Crippen LogP contribution in [0.3, 0.4) is 0 Å². The normalized spacial score (nSPS) is 41.7. The molecule has 0 radical (unpaired) electrons. The maximum Gasteiger partial charge on any atom is 0.248 e. The van der Waals surface area contributed by atoms with Gasteiger partial charge in [-0.2, -0.15) is 4.99 Å². The molecule has 4 saturated carbocycles. The van der Waals surface area contributed by atoms with Crippen molar-refractivity contribution in [1.29, 1.82) is 0 Å². The third-order valence-electron chi connectivity index (χ3n) is 5.62. The molecule has 1 amide bonds. The SMILES string of the molecule is Cn1ccsc1=NC(=O)CC12CC3CC(CC(Br)(C3)C1)C2. The molecule has 0 N–H and O–H groups in total. The quantitative estimate of drug-likeness (QED) is 0.733. The minimum Gasteiger partial charge on any atom is -0.327 e. The van der Waals surface area contributed by atoms with E-state index in [1.165, 1.54) is 49.9 Å². The molecule has 3 nitrogen and oxygen atoms in total. The molecule has 5 rings (SSSR count). The molecule has 0 aromatic carbocycles. The Morgan fingerprint density at radius 2 is 2.14 bits per heavy atom. The molecule has 4 fully saturated rings. The molecule has 5 heteroatoms. The van der Waals surface area contributed by atoms with Gasteiger partial charge in [0.25, 0.3) is 0 Å². The van der Waals surface area contributed by atoms with Gasteiger partial charge in [-0.25, -0.2) is 0 Å². The van der Waals surface area contributed by atoms with Gasteiger partial charge in [-0.1, -0.05) is 15.9 Å². The summed E-state index contributed by atoms with van der Waals surface area (Å²) in [5.41, 5.74) is 0.226. The minimum atomic E-state index is 0.0751. The first-order chi connectivity index (χ1) is 9.95. The van der Waals surface area contributed by atoms with Crippen molar-refractivity contribution in [2.45, 2.75) is 49.3 Å². The third-order valence-corrected chi connectivity index (χ3v) is 7.39. The van der Waals surface area contributed by atoms with Crippen molar-refractivity contribution < 1.29 is 4.79 Å². The van der Waals surface area contributed by atoms with Gasteiger partial charge in [0.05, 0.1) is 0 Å². The van der Waals surface area contributed by atoms with Crippen LogP contribution in [-0.4, -0.2) is 14.8 Å². The Labute approximate surface area is 137 Å². The van der Waals surface area contributed by atoms with Crippen LogP contribution in [0.25, 0.3) is 0 Å². The van der Waals surface area contributed by atoms with Crippen molar-refractivity contribution in [2.24, 2.45) is 29.3 Å². The zero-order valence-corrected chi connectivity index (χ0v) is 14.8. The van der Waals surface area contributed by atoms with Gasteiger partial charge >= 0.3 is 0 Å². The molecule has 4 aliphatic carbocycles. The number of hydrogen-bond acceptors (Lipinski definition) is 2. The van der Waals surface area contributed by atoms with Gasteiger partial charge in [-0.05, 0) is 55.8 Å². The highest BCUT2D eigenvalue weighted by Crippen LogP contribution is 2.65. The molecule has 4 bridgehead atoms. The highest BCUT2D eigenvalue weighted by Gasteiger charge is 2.57. The summed E-state index contributed by atoms with van der Waals surface area (Å²) in [6.07, 6.45) is 10.3. The second-order valence-electron chi connectivity index (χ2n) is 7.59. The Bertz CT molecular complexity index is 633. The Balaban J connectivity index is 1.57. The van der Waals surface area contributed by atoms with E-state index >= 15 is 0 Å². The maximum absolute atomic E-state index is 12.5. The van der Waals surface area contributed by atoms with Gasteiger partial charge in [0.2, 0.25) is 5.91 Å². The van der Waals surface area contributed by atoms with Crippen LogP contribution >= 0.6 is 27.3 Å². The summed E-state index contributed by atoms with van der Waals surface area (Å²) in [5, 5.41) is 1.98. The molecule has 2 unspecified atom stereocenters. The number of hydrogen-bond donors (Lipinski definition) is 0. The molecular formula is C16H21BrN2OS. The number of alkyl halides is 1. The highest BCUT2D eigenvalue weighted by atomic mass is 79.9. The monoisotopic (exact) mass is 368 g/mol. The number of rotatable bonds is 2. The molecule has 1 aromatic rings. The van der Waals surface area contributed by atoms with Crippen LogP contribution in [0.15, 0.2) is 16.6 Å². The predicted molar refractivity (Wildman–Crippen MR) is 87.3 cm³/mol. The summed E-state index contributed by atoms with van der Waals surface area (Å²) in [5.74, 6) is 1.73. The lowest BCUT2D eigenvalue weighted by Crippen LogP contribution is -2.53. The fourth-order valence-electron chi connectivity index (χ4n) is 5.44. The minimum absolute atomic E-state index is 0.0751. The zero-order valence-electron chi connectivity index (χ0n) is 12.3. The van der Waals surface area contributed by atoms with Crippen LogP contribution in [0.1, 0.15) is 44.9 Å². The van der Waals surface area contributed by atoms with Crippen LogP contribution in [0.5, 0.6) is 0 Å². The molecule has 0 spiro atoms. The smallest absolute Gasteiger partial charge is 0.248 e. The van der Waals surface area contributed by atoms with E-state index in [2.05, 4.69) is 20.9 Å². The van der Waals surface area contributed by atoms with E-state index in [9.17, 15) is 4.79 Å². The standard InChI is InChI=1S/C16H21BrN2OS/c1-19-2-3-21-14(19)18-13(20)9-15-5-11-4-12(6-15)8-16(17,7-11)10-15/h2-3,11-12H,4-10H2,1H3. The van der Waals surface area contributed by atoms with E-state index < -0.39 is 0 Å². The van der Waals surface area contributed by atoms with Crippen molar-refractivity contribution in [2.75, 3.05) is 0 Å². The molecule has 1 aromatic heterocycles. The van der Waals surface area contributed by atoms with Crippen LogP contribution in [0.2, 0.25) is 0 Å². The summed E-state index contributed by atoms with van der Waals surface area (Å²) in [6.45, 7) is 0. The molecule has 0 saturated heterocycles. The number of carbonyl (C=O) groups excluding carboxylic acids is 1. The Morgan fingerprint density at radius 1 is 1.43 bits per heavy atom. The van der Waals surface area contributed by atoms with Gasteiger partial charge in [0, 0.05) is 29.4 Å². The van der Waals surface area contributed by atoms with Gasteiger partial charge in [-0.3, -0.25) is 4.79 Å². The topological polar surface area (TPSA) is 34.4 Å². The lowest BCUT2D eigenvalue weighted by molar-refractivity contribution is -0.125. The number of aromatic nitrogens is 1. The van der Waals surface area contributed by atoms with Crippen LogP contribution in [-0.2, 0) is 11.8 Å². The van der Waals surface area contributed by atoms with Crippen molar-refractivity contribution >= 4 is 33.2 Å². The van der Waals surface area contributed by atoms with Gasteiger partial charge in [0.1, 0.15) is 0 Å². The van der Waals surface area contributed by atoms with Crippen molar-refractivity contribution in [1.82, 2.24) is 4.57 Å². The molecule has 1 heterocycles. The number of thiazole rings is 1. The van der Waals surface area contributed by atoms with Gasteiger partial charge in [-0.15, -0.1) is 11.3 Å². The Morgan fingerprint density at radius 3 is 2.71 bits per heavy atom. The van der Waals surface area contributed by atoms with Crippen molar-refractivity contribution in [3.05, 3.63) is 16.4 Å². The summed E-state index contributed by atoms with van der Waals surface area (Å²) >= 11 is 5.55. The maximum atomic E-state index is 12.5. The second-order valence-corrected chi connectivity index (χ2v) is 10.1. The lowest BCUT2D eigenvalue weighted by atomic mass is 9.48. The first-order valence-corrected chi connectivity index (χ1v) is 9.49. The predicted octanol–water partition coefficient (Wildman–Crippen LogP) is 3.64. The molecular weight excluding hydrogens is 348 g/mol. The van der Waals surface area contributed by atoms with E-state index in [0.29, 0.717) is 10.7 Å². The average molecular weight is 369 g/mol. The molecule has 2 atom stereocenters. The number of halogens is 1. The summed E-state index contributed by atoms with van der Waals surface area (Å²) < 4.78 is 2.25. The van der Waals surface area contributed by atoms with E-state index in [1.54, 1.807) is 0 Å². The van der Waals surface area contributed by atoms with Gasteiger partial charge < -0.3 is 4.57 Å². The third kappa shape index (κ3) is 2.56. The average Bonchev–Trinajstić information content (AvgIpc) is 2.70. The Kier molecular flexibility index (Phi) is 3.23. The number of carbonyl (C=O) groups is 1. The summed E-state index contributed by atoms with van der Waals surface area (Å²) in [4.78, 5) is 17.6. The molecule has 21 heavy (non-hydrogen) atoms. The summed E-state index contributed by atoms with van der Waals surface area (Å²) in [6, 6.07) is 0. The van der Waals surface area contributed by atoms with Crippen LogP contribution in [0, 0.1) is 17.3 Å². The number of amides is 1. The van der Waals surface area contributed by atoms with Gasteiger partial charge in [0.15, 0.2) is 4.80 Å². The molecule has 4 aliphatic rings. The number of nitrogens with zero attached hydrogens (tertiary/aromatic N) is 2. The molecule has 114 valence electrons. The van der Waals surface area contributed by atoms with Crippen molar-refractivity contribution in [3.63, 3.8) is 0 Å². The van der Waals surface area contributed by atoms with Crippen molar-refractivity contribution in [3.8, 4) is 0 Å². The second kappa shape index (κ2) is 4.79. The van der Waals surface area contributed by atoms with E-state index in [4.69, 9.17) is 0 Å². The van der Waals surface area contributed by atoms with E-state index in [1.807, 2.05) is 23.2 Å². The largest absolute Gasteiger partial charge is 0.327 e. The lowest BCUT2D eigenvalue weighted by Gasteiger charge is -2.60. The van der Waals surface area contributed by atoms with Crippen LogP contribution < -0.4 is 4.80 Å². The highest BCUT2D eigenvalue weighted by molar-refractivity contribution is 9.10.